The highest BCUT2D eigenvalue weighted by Gasteiger charge is 2.22. The van der Waals surface area contributed by atoms with Crippen molar-refractivity contribution in [1.29, 1.82) is 0 Å². The zero-order valence-electron chi connectivity index (χ0n) is 10.4. The third-order valence-electron chi connectivity index (χ3n) is 3.40. The Morgan fingerprint density at radius 2 is 2.06 bits per heavy atom. The van der Waals surface area contributed by atoms with Crippen LogP contribution in [0.25, 0.3) is 0 Å². The minimum absolute atomic E-state index is 0.135. The molecule has 0 aromatic rings. The Morgan fingerprint density at radius 3 is 2.62 bits per heavy atom. The van der Waals surface area contributed by atoms with E-state index in [1.807, 2.05) is 0 Å². The van der Waals surface area contributed by atoms with Gasteiger partial charge in [0.2, 0.25) is 5.91 Å². The number of nitrogens with two attached hydrogens (primary N) is 1. The molecule has 0 unspecified atom stereocenters. The highest BCUT2D eigenvalue weighted by molar-refractivity contribution is 5.75. The Hall–Kier alpha value is -0.610. The van der Waals surface area contributed by atoms with E-state index in [1.165, 1.54) is 25.7 Å². The molecule has 0 bridgehead atoms. The maximum absolute atomic E-state index is 11.2. The van der Waals surface area contributed by atoms with Crippen LogP contribution in [0.5, 0.6) is 0 Å². The van der Waals surface area contributed by atoms with Crippen molar-refractivity contribution in [2.75, 3.05) is 26.7 Å². The minimum atomic E-state index is 0.135. The summed E-state index contributed by atoms with van der Waals surface area (Å²) in [5.74, 6) is 0.135. The summed E-state index contributed by atoms with van der Waals surface area (Å²) in [7, 11) is 1.70. The molecule has 3 N–H and O–H groups in total. The van der Waals surface area contributed by atoms with Gasteiger partial charge in [-0.25, -0.2) is 0 Å². The average Bonchev–Trinajstić information content (AvgIpc) is 2.82. The molecule has 0 radical (unpaired) electrons. The predicted molar refractivity (Wildman–Crippen MR) is 66.2 cm³/mol. The summed E-state index contributed by atoms with van der Waals surface area (Å²) in [4.78, 5) is 13.7. The summed E-state index contributed by atoms with van der Waals surface area (Å²) in [6.07, 6.45) is 6.89. The first-order valence-corrected chi connectivity index (χ1v) is 6.42. The van der Waals surface area contributed by atoms with Crippen LogP contribution in [0, 0.1) is 0 Å². The molecule has 0 saturated heterocycles. The van der Waals surface area contributed by atoms with Crippen molar-refractivity contribution < 1.29 is 4.79 Å². The Balaban J connectivity index is 2.33. The third kappa shape index (κ3) is 4.49. The van der Waals surface area contributed by atoms with Crippen molar-refractivity contribution in [3.63, 3.8) is 0 Å². The molecule has 4 nitrogen and oxygen atoms in total. The summed E-state index contributed by atoms with van der Waals surface area (Å²) in [6.45, 7) is 2.66. The number of nitrogens with zero attached hydrogens (tertiary/aromatic N) is 1. The van der Waals surface area contributed by atoms with Crippen LogP contribution in [0.15, 0.2) is 0 Å². The van der Waals surface area contributed by atoms with Gasteiger partial charge < -0.3 is 11.1 Å². The quantitative estimate of drug-likeness (QED) is 0.673. The number of hydrogen-bond donors (Lipinski definition) is 2. The van der Waals surface area contributed by atoms with Gasteiger partial charge in [0.25, 0.3) is 0 Å². The standard InChI is InChI=1S/C12H25N3O/c1-14-12(16)7-10-15(9-4-8-13)11-5-2-3-6-11/h11H,2-10,13H2,1H3,(H,14,16). The molecular formula is C12H25N3O. The number of carbonyl (C=O) groups excluding carboxylic acids is 1. The molecule has 1 rings (SSSR count). The van der Waals surface area contributed by atoms with Crippen molar-refractivity contribution >= 4 is 5.91 Å². The molecule has 0 atom stereocenters. The van der Waals surface area contributed by atoms with E-state index in [2.05, 4.69) is 10.2 Å². The lowest BCUT2D eigenvalue weighted by molar-refractivity contribution is -0.121. The summed E-state index contributed by atoms with van der Waals surface area (Å²) in [5.41, 5.74) is 5.55. The second-order valence-corrected chi connectivity index (χ2v) is 4.54. The first-order valence-electron chi connectivity index (χ1n) is 6.42. The van der Waals surface area contributed by atoms with Crippen LogP contribution < -0.4 is 11.1 Å². The van der Waals surface area contributed by atoms with Crippen molar-refractivity contribution in [1.82, 2.24) is 10.2 Å². The molecule has 1 fully saturated rings. The first-order chi connectivity index (χ1) is 7.77. The highest BCUT2D eigenvalue weighted by Crippen LogP contribution is 2.23. The zero-order valence-corrected chi connectivity index (χ0v) is 10.4. The summed E-state index contributed by atoms with van der Waals surface area (Å²) in [6, 6.07) is 0.691. The fraction of sp³-hybridized carbons (Fsp3) is 0.917. The van der Waals surface area contributed by atoms with E-state index in [0.717, 1.165) is 26.1 Å². The van der Waals surface area contributed by atoms with Crippen LogP contribution >= 0.6 is 0 Å². The molecular weight excluding hydrogens is 202 g/mol. The number of rotatable bonds is 7. The van der Waals surface area contributed by atoms with E-state index in [4.69, 9.17) is 5.73 Å². The molecule has 94 valence electrons. The molecule has 0 aromatic heterocycles. The van der Waals surface area contributed by atoms with Gasteiger partial charge in [-0.2, -0.15) is 0 Å². The van der Waals surface area contributed by atoms with Gasteiger partial charge in [0.15, 0.2) is 0 Å². The van der Waals surface area contributed by atoms with Crippen molar-refractivity contribution in [2.24, 2.45) is 5.73 Å². The molecule has 16 heavy (non-hydrogen) atoms. The summed E-state index contributed by atoms with van der Waals surface area (Å²) < 4.78 is 0. The topological polar surface area (TPSA) is 58.4 Å². The third-order valence-corrected chi connectivity index (χ3v) is 3.40. The summed E-state index contributed by atoms with van der Waals surface area (Å²) in [5, 5.41) is 2.68. The molecule has 1 saturated carbocycles. The maximum atomic E-state index is 11.2. The maximum Gasteiger partial charge on any atom is 0.221 e. The Morgan fingerprint density at radius 1 is 1.38 bits per heavy atom. The Kier molecular flexibility index (Phi) is 6.42. The van der Waals surface area contributed by atoms with Gasteiger partial charge in [-0.05, 0) is 32.4 Å². The van der Waals surface area contributed by atoms with Crippen LogP contribution in [0.1, 0.15) is 38.5 Å². The van der Waals surface area contributed by atoms with Gasteiger partial charge in [0.05, 0.1) is 0 Å². The molecule has 1 aliphatic rings. The van der Waals surface area contributed by atoms with Crippen LogP contribution in [0.4, 0.5) is 0 Å². The molecule has 0 spiro atoms. The smallest absolute Gasteiger partial charge is 0.221 e. The van der Waals surface area contributed by atoms with Crippen LogP contribution in [0.3, 0.4) is 0 Å². The number of carbonyl (C=O) groups is 1. The van der Waals surface area contributed by atoms with Gasteiger partial charge in [-0.15, -0.1) is 0 Å². The van der Waals surface area contributed by atoms with Crippen LogP contribution in [-0.4, -0.2) is 43.5 Å². The molecule has 4 heteroatoms. The van der Waals surface area contributed by atoms with Crippen LogP contribution in [0.2, 0.25) is 0 Å². The van der Waals surface area contributed by atoms with E-state index in [-0.39, 0.29) is 5.91 Å². The largest absolute Gasteiger partial charge is 0.359 e. The van der Waals surface area contributed by atoms with Crippen LogP contribution in [-0.2, 0) is 4.79 Å². The summed E-state index contributed by atoms with van der Waals surface area (Å²) >= 11 is 0. The van der Waals surface area contributed by atoms with Gasteiger partial charge >= 0.3 is 0 Å². The average molecular weight is 227 g/mol. The Labute approximate surface area is 98.6 Å². The fourth-order valence-electron chi connectivity index (χ4n) is 2.41. The predicted octanol–water partition coefficient (Wildman–Crippen LogP) is 0.716. The van der Waals surface area contributed by atoms with E-state index < -0.39 is 0 Å². The SMILES string of the molecule is CNC(=O)CCN(CCCN)C1CCCC1. The number of amides is 1. The van der Waals surface area contributed by atoms with Crippen molar-refractivity contribution in [3.05, 3.63) is 0 Å². The minimum Gasteiger partial charge on any atom is -0.359 e. The lowest BCUT2D eigenvalue weighted by Crippen LogP contribution is -2.37. The van der Waals surface area contributed by atoms with Gasteiger partial charge in [0.1, 0.15) is 0 Å². The molecule has 0 aromatic carbocycles. The fourth-order valence-corrected chi connectivity index (χ4v) is 2.41. The second-order valence-electron chi connectivity index (χ2n) is 4.54. The number of nitrogens with one attached hydrogen (secondary N) is 1. The first kappa shape index (κ1) is 13.5. The lowest BCUT2D eigenvalue weighted by Gasteiger charge is -2.28. The van der Waals surface area contributed by atoms with Crippen molar-refractivity contribution in [3.8, 4) is 0 Å². The van der Waals surface area contributed by atoms with Gasteiger partial charge in [-0.1, -0.05) is 12.8 Å². The van der Waals surface area contributed by atoms with E-state index in [0.29, 0.717) is 12.5 Å². The molecule has 1 amide bonds. The van der Waals surface area contributed by atoms with E-state index in [1.54, 1.807) is 7.05 Å². The lowest BCUT2D eigenvalue weighted by atomic mass is 10.2. The zero-order chi connectivity index (χ0) is 11.8. The van der Waals surface area contributed by atoms with E-state index in [9.17, 15) is 4.79 Å². The van der Waals surface area contributed by atoms with Gasteiger partial charge in [-0.3, -0.25) is 9.69 Å². The Bertz CT molecular complexity index is 202. The van der Waals surface area contributed by atoms with E-state index >= 15 is 0 Å². The molecule has 1 aliphatic carbocycles. The second kappa shape index (κ2) is 7.63. The number of hydrogen-bond acceptors (Lipinski definition) is 3. The monoisotopic (exact) mass is 227 g/mol. The molecule has 0 heterocycles. The normalized spacial score (nSPS) is 16.9. The van der Waals surface area contributed by atoms with Crippen molar-refractivity contribution in [2.45, 2.75) is 44.6 Å². The molecule has 0 aliphatic heterocycles. The highest BCUT2D eigenvalue weighted by atomic mass is 16.1. The van der Waals surface area contributed by atoms with Gasteiger partial charge in [0, 0.05) is 26.1 Å².